The number of aromatic nitrogens is 2. The van der Waals surface area contributed by atoms with E-state index in [0.29, 0.717) is 7.14 Å². The molecule has 7 rings (SSSR count). The molecule has 1 aliphatic rings. The molecule has 1 saturated heterocycles. The summed E-state index contributed by atoms with van der Waals surface area (Å²) in [6, 6.07) is 19.4. The summed E-state index contributed by atoms with van der Waals surface area (Å²) < 4.78 is 84.1. The van der Waals surface area contributed by atoms with Crippen molar-refractivity contribution >= 4 is 80.0 Å². The Bertz CT molecular complexity index is 3100. The molecule has 71 heavy (non-hydrogen) atoms. The van der Waals surface area contributed by atoms with Gasteiger partial charge in [-0.15, -0.1) is 0 Å². The van der Waals surface area contributed by atoms with Crippen LogP contribution in [0.25, 0.3) is 0 Å². The molecule has 4 aromatic carbocycles. The van der Waals surface area contributed by atoms with Crippen LogP contribution in [0.5, 0.6) is 23.0 Å². The first kappa shape index (κ1) is 54.3. The zero-order chi connectivity index (χ0) is 51.9. The zero-order valence-electron chi connectivity index (χ0n) is 38.9. The minimum atomic E-state index is -1.23. The summed E-state index contributed by atoms with van der Waals surface area (Å²) in [6.45, 7) is 6.05. The van der Waals surface area contributed by atoms with Crippen molar-refractivity contribution in [2.45, 2.75) is 45.7 Å². The van der Waals surface area contributed by atoms with Gasteiger partial charge in [-0.3, -0.25) is 28.3 Å². The highest BCUT2D eigenvalue weighted by atomic mass is 127. The summed E-state index contributed by atoms with van der Waals surface area (Å²) in [5.41, 5.74) is -0.949. The Balaban J connectivity index is 0.000000233. The molecule has 1 fully saturated rings. The first-order valence-electron chi connectivity index (χ1n) is 21.5. The van der Waals surface area contributed by atoms with Gasteiger partial charge in [-0.25, -0.2) is 17.6 Å². The molecule has 2 amide bonds. The number of aliphatic hydroxyl groups is 2. The van der Waals surface area contributed by atoms with E-state index in [2.05, 4.69) is 21.3 Å². The Labute approximate surface area is 431 Å². The maximum absolute atomic E-state index is 14.7. The second kappa shape index (κ2) is 23.4. The van der Waals surface area contributed by atoms with Crippen LogP contribution in [0.2, 0.25) is 0 Å². The molecule has 0 radical (unpaired) electrons. The number of carbonyl (C=O) groups is 2. The van der Waals surface area contributed by atoms with Gasteiger partial charge in [0.1, 0.15) is 75.1 Å². The first-order chi connectivity index (χ1) is 33.6. The number of amides is 2. The molecular formula is C49H48F4I2N6O10. The van der Waals surface area contributed by atoms with Crippen LogP contribution in [-0.4, -0.2) is 75.5 Å². The van der Waals surface area contributed by atoms with Gasteiger partial charge in [0.2, 0.25) is 0 Å². The third kappa shape index (κ3) is 13.5. The lowest BCUT2D eigenvalue weighted by Crippen LogP contribution is -2.36. The molecule has 0 spiro atoms. The highest BCUT2D eigenvalue weighted by Gasteiger charge is 2.34. The topological polar surface area (TPSA) is 204 Å². The molecule has 1 aliphatic heterocycles. The van der Waals surface area contributed by atoms with Crippen molar-refractivity contribution in [1.82, 2.24) is 19.8 Å². The zero-order valence-corrected chi connectivity index (χ0v) is 43.2. The van der Waals surface area contributed by atoms with Crippen molar-refractivity contribution in [2.75, 3.05) is 36.9 Å². The lowest BCUT2D eigenvalue weighted by Gasteiger charge is -2.21. The Morgan fingerprint density at radius 2 is 1.17 bits per heavy atom. The molecular weight excluding hydrogens is 1160 g/mol. The van der Waals surface area contributed by atoms with Crippen LogP contribution in [-0.2, 0) is 23.6 Å². The van der Waals surface area contributed by atoms with Gasteiger partial charge in [0.05, 0.1) is 30.7 Å². The number of nitrogens with zero attached hydrogens (tertiary/aromatic N) is 2. The third-order valence-electron chi connectivity index (χ3n) is 10.8. The maximum Gasteiger partial charge on any atom is 0.258 e. The SMILES string of the molecule is Cc1c(F)cccc1Oc1cc(=O)n(C)c(Nc2ccc(I)cc2F)c1C(=O)NC[C@@H](O)CO.Cc1c(F)cccc1Oc1cc(=O)n(C)c(Nc2ccc(I)cc2F)c1C(=O)NC[C@@H]1COC(C)(C)O1. The molecule has 376 valence electrons. The molecule has 2 atom stereocenters. The number of anilines is 4. The highest BCUT2D eigenvalue weighted by Crippen LogP contribution is 2.36. The number of hydrogen-bond acceptors (Lipinski definition) is 12. The lowest BCUT2D eigenvalue weighted by atomic mass is 10.1. The Hall–Kier alpha value is -6.06. The predicted octanol–water partition coefficient (Wildman–Crippen LogP) is 8.19. The number of nitrogens with one attached hydrogen (secondary N) is 4. The van der Waals surface area contributed by atoms with Crippen molar-refractivity contribution in [3.05, 3.63) is 158 Å². The molecule has 0 bridgehead atoms. The fourth-order valence-corrected chi connectivity index (χ4v) is 7.74. The molecule has 6 N–H and O–H groups in total. The van der Waals surface area contributed by atoms with Crippen LogP contribution in [0.3, 0.4) is 0 Å². The highest BCUT2D eigenvalue weighted by molar-refractivity contribution is 14.1. The minimum absolute atomic E-state index is 0.000977. The number of aliphatic hydroxyl groups excluding tert-OH is 2. The van der Waals surface area contributed by atoms with Crippen LogP contribution in [0.4, 0.5) is 40.6 Å². The maximum atomic E-state index is 14.7. The Morgan fingerprint density at radius 1 is 0.718 bits per heavy atom. The number of carbonyl (C=O) groups excluding carboxylic acids is 2. The smallest absolute Gasteiger partial charge is 0.258 e. The fourth-order valence-electron chi connectivity index (χ4n) is 6.84. The van der Waals surface area contributed by atoms with Gasteiger partial charge < -0.3 is 50.4 Å². The number of benzene rings is 4. The number of ether oxygens (including phenoxy) is 4. The van der Waals surface area contributed by atoms with Crippen molar-refractivity contribution < 1.29 is 56.3 Å². The second-order valence-corrected chi connectivity index (χ2v) is 18.9. The van der Waals surface area contributed by atoms with Gasteiger partial charge in [-0.05, 0) is 134 Å². The number of halogens is 6. The molecule has 22 heteroatoms. The summed E-state index contributed by atoms with van der Waals surface area (Å²) in [7, 11) is 2.82. The van der Waals surface area contributed by atoms with E-state index in [1.165, 1.54) is 93.2 Å². The predicted molar refractivity (Wildman–Crippen MR) is 273 cm³/mol. The van der Waals surface area contributed by atoms with Crippen LogP contribution in [0.15, 0.2) is 94.5 Å². The van der Waals surface area contributed by atoms with Crippen LogP contribution in [0, 0.1) is 44.3 Å². The average Bonchev–Trinajstić information content (AvgIpc) is 3.68. The van der Waals surface area contributed by atoms with Gasteiger partial charge in [0.15, 0.2) is 5.79 Å². The number of rotatable bonds is 15. The molecule has 6 aromatic rings. The molecule has 16 nitrogen and oxygen atoms in total. The lowest BCUT2D eigenvalue weighted by molar-refractivity contribution is -0.137. The van der Waals surface area contributed by atoms with E-state index in [9.17, 15) is 41.8 Å². The van der Waals surface area contributed by atoms with Crippen LogP contribution >= 0.6 is 45.2 Å². The van der Waals surface area contributed by atoms with E-state index in [1.54, 1.807) is 26.0 Å². The van der Waals surface area contributed by atoms with E-state index >= 15 is 0 Å². The van der Waals surface area contributed by atoms with Crippen LogP contribution in [0.1, 0.15) is 45.7 Å². The molecule has 0 aliphatic carbocycles. The Morgan fingerprint density at radius 3 is 1.58 bits per heavy atom. The summed E-state index contributed by atoms with van der Waals surface area (Å²) >= 11 is 3.92. The largest absolute Gasteiger partial charge is 0.456 e. The van der Waals surface area contributed by atoms with Gasteiger partial charge in [-0.2, -0.15) is 0 Å². The van der Waals surface area contributed by atoms with Gasteiger partial charge >= 0.3 is 0 Å². The quantitative estimate of drug-likeness (QED) is 0.0426. The molecule has 0 unspecified atom stereocenters. The minimum Gasteiger partial charge on any atom is -0.456 e. The number of pyridine rings is 2. The van der Waals surface area contributed by atoms with E-state index in [-0.39, 0.29) is 88.0 Å². The van der Waals surface area contributed by atoms with Crippen molar-refractivity contribution in [1.29, 1.82) is 0 Å². The second-order valence-electron chi connectivity index (χ2n) is 16.4. The summed E-state index contributed by atoms with van der Waals surface area (Å²) in [5, 5.41) is 29.5. The van der Waals surface area contributed by atoms with E-state index in [0.717, 1.165) is 16.7 Å². The summed E-state index contributed by atoms with van der Waals surface area (Å²) in [4.78, 5) is 52.2. The van der Waals surface area contributed by atoms with Crippen molar-refractivity contribution in [3.63, 3.8) is 0 Å². The van der Waals surface area contributed by atoms with Crippen molar-refractivity contribution in [3.8, 4) is 23.0 Å². The number of hydrogen-bond donors (Lipinski definition) is 6. The van der Waals surface area contributed by atoms with Gasteiger partial charge in [0.25, 0.3) is 22.9 Å². The van der Waals surface area contributed by atoms with E-state index < -0.39 is 70.8 Å². The van der Waals surface area contributed by atoms with Crippen molar-refractivity contribution in [2.24, 2.45) is 14.1 Å². The third-order valence-corrected chi connectivity index (χ3v) is 12.1. The van der Waals surface area contributed by atoms with Crippen LogP contribution < -0.4 is 41.9 Å². The van der Waals surface area contributed by atoms with Gasteiger partial charge in [-0.1, -0.05) is 12.1 Å². The van der Waals surface area contributed by atoms with E-state index in [1.807, 2.05) is 45.2 Å². The standard InChI is InChI=1S/C26H26F2IN3O5.C23H22F2IN3O5/c1-14-17(27)6-5-7-20(14)36-21-11-22(33)32(4)24(31-19-9-8-15(29)10-18(19)28)23(21)25(34)30-12-16-13-35-26(2,3)37-16;1-12-15(24)4-3-5-18(12)34-19-9-20(32)29(2)22(21(19)23(33)27-10-14(31)11-30)28-17-7-6-13(26)8-16(17)25/h5-11,16,31H,12-13H2,1-4H3,(H,30,34);3-9,14,28,30-31H,10-11H2,1-2H3,(H,27,33)/t16-;14-/m11/s1. The van der Waals surface area contributed by atoms with Gasteiger partial charge in [0, 0.05) is 57.6 Å². The first-order valence-corrected chi connectivity index (χ1v) is 23.7. The molecule has 2 aromatic heterocycles. The summed E-state index contributed by atoms with van der Waals surface area (Å²) in [5.74, 6) is -4.62. The Kier molecular flexibility index (Phi) is 17.9. The normalized spacial score (nSPS) is 14.2. The molecule has 0 saturated carbocycles. The molecule has 3 heterocycles. The average molecular weight is 1210 g/mol. The monoisotopic (exact) mass is 1210 g/mol. The summed E-state index contributed by atoms with van der Waals surface area (Å²) in [6.07, 6.45) is -1.62. The van der Waals surface area contributed by atoms with E-state index in [4.69, 9.17) is 24.1 Å². The fraction of sp³-hybridized carbons (Fsp3) is 0.265.